The summed E-state index contributed by atoms with van der Waals surface area (Å²) >= 11 is 6.08. The normalized spacial score (nSPS) is 17.1. The van der Waals surface area contributed by atoms with Gasteiger partial charge in [0.15, 0.2) is 5.76 Å². The van der Waals surface area contributed by atoms with Crippen LogP contribution < -0.4 is 5.73 Å². The molecule has 31 heavy (non-hydrogen) atoms. The number of allylic oxidation sites excluding steroid dienone is 2. The SMILES string of the molecule is Cc1ccc(S(=O)C2=C(c3ccccn3)OC(N)=C(C#N)[C@@H]2c2ccc(Cl)cc2)cc1. The maximum absolute atomic E-state index is 13.9. The van der Waals surface area contributed by atoms with Crippen molar-refractivity contribution in [2.24, 2.45) is 5.73 Å². The van der Waals surface area contributed by atoms with E-state index in [1.165, 1.54) is 0 Å². The van der Waals surface area contributed by atoms with Gasteiger partial charge < -0.3 is 10.5 Å². The first kappa shape index (κ1) is 20.9. The second kappa shape index (κ2) is 8.76. The molecule has 2 heterocycles. The fraction of sp³-hybridized carbons (Fsp3) is 0.0833. The lowest BCUT2D eigenvalue weighted by Gasteiger charge is -2.28. The zero-order valence-electron chi connectivity index (χ0n) is 16.6. The summed E-state index contributed by atoms with van der Waals surface area (Å²) in [5.41, 5.74) is 8.60. The molecule has 154 valence electrons. The van der Waals surface area contributed by atoms with Gasteiger partial charge in [0, 0.05) is 16.1 Å². The van der Waals surface area contributed by atoms with Crippen molar-refractivity contribution in [3.63, 3.8) is 0 Å². The molecule has 0 saturated heterocycles. The lowest BCUT2D eigenvalue weighted by molar-refractivity contribution is 0.357. The smallest absolute Gasteiger partial charge is 0.205 e. The van der Waals surface area contributed by atoms with Gasteiger partial charge in [-0.2, -0.15) is 5.26 Å². The summed E-state index contributed by atoms with van der Waals surface area (Å²) in [6, 6.07) is 21.9. The van der Waals surface area contributed by atoms with Gasteiger partial charge in [-0.3, -0.25) is 4.98 Å². The zero-order chi connectivity index (χ0) is 22.0. The molecule has 0 radical (unpaired) electrons. The van der Waals surface area contributed by atoms with Crippen molar-refractivity contribution >= 4 is 28.2 Å². The lowest BCUT2D eigenvalue weighted by atomic mass is 9.89. The van der Waals surface area contributed by atoms with E-state index in [4.69, 9.17) is 22.1 Å². The standard InChI is InChI=1S/C24H18ClN3O2S/c1-15-5-11-18(12-6-15)31(29)23-21(16-7-9-17(25)10-8-16)19(14-26)24(27)30-22(23)20-4-2-3-13-28-20/h2-13,21H,27H2,1H3/t21-,31?/m0/s1. The summed E-state index contributed by atoms with van der Waals surface area (Å²) in [4.78, 5) is 5.38. The van der Waals surface area contributed by atoms with E-state index in [0.29, 0.717) is 20.5 Å². The number of pyridine rings is 1. The van der Waals surface area contributed by atoms with Crippen LogP contribution in [0.25, 0.3) is 5.76 Å². The molecule has 1 aromatic heterocycles. The summed E-state index contributed by atoms with van der Waals surface area (Å²) in [6.45, 7) is 1.96. The van der Waals surface area contributed by atoms with Crippen LogP contribution in [-0.2, 0) is 15.5 Å². The van der Waals surface area contributed by atoms with Crippen molar-refractivity contribution in [3.05, 3.63) is 111 Å². The van der Waals surface area contributed by atoms with Crippen molar-refractivity contribution in [2.45, 2.75) is 17.7 Å². The Morgan fingerprint density at radius 3 is 2.42 bits per heavy atom. The number of rotatable bonds is 4. The molecule has 4 rings (SSSR count). The van der Waals surface area contributed by atoms with E-state index in [0.717, 1.165) is 11.1 Å². The van der Waals surface area contributed by atoms with Gasteiger partial charge in [0.05, 0.1) is 21.6 Å². The quantitative estimate of drug-likeness (QED) is 0.606. The summed E-state index contributed by atoms with van der Waals surface area (Å²) in [5.74, 6) is -0.418. The molecule has 0 fully saturated rings. The number of benzene rings is 2. The predicted molar refractivity (Wildman–Crippen MR) is 121 cm³/mol. The third-order valence-electron chi connectivity index (χ3n) is 4.91. The van der Waals surface area contributed by atoms with Crippen LogP contribution in [0.3, 0.4) is 0 Å². The highest BCUT2D eigenvalue weighted by molar-refractivity contribution is 7.89. The van der Waals surface area contributed by atoms with Crippen molar-refractivity contribution in [3.8, 4) is 6.07 Å². The monoisotopic (exact) mass is 447 g/mol. The number of aryl methyl sites for hydroxylation is 1. The first-order valence-electron chi connectivity index (χ1n) is 9.46. The first-order chi connectivity index (χ1) is 15.0. The Bertz CT molecular complexity index is 1240. The molecule has 5 nitrogen and oxygen atoms in total. The van der Waals surface area contributed by atoms with Gasteiger partial charge in [-0.15, -0.1) is 0 Å². The fourth-order valence-corrected chi connectivity index (χ4v) is 4.91. The van der Waals surface area contributed by atoms with E-state index in [1.807, 2.05) is 25.1 Å². The van der Waals surface area contributed by atoms with Gasteiger partial charge in [-0.1, -0.05) is 47.5 Å². The Morgan fingerprint density at radius 1 is 1.10 bits per heavy atom. The largest absolute Gasteiger partial charge is 0.437 e. The van der Waals surface area contributed by atoms with Crippen LogP contribution >= 0.6 is 11.6 Å². The van der Waals surface area contributed by atoms with E-state index < -0.39 is 16.7 Å². The molecular formula is C24H18ClN3O2S. The predicted octanol–water partition coefficient (Wildman–Crippen LogP) is 5.03. The Hall–Kier alpha value is -3.40. The molecule has 0 bridgehead atoms. The number of halogens is 1. The molecule has 0 spiro atoms. The molecule has 2 N–H and O–H groups in total. The number of aromatic nitrogens is 1. The van der Waals surface area contributed by atoms with Crippen LogP contribution in [0.5, 0.6) is 0 Å². The number of ether oxygens (including phenoxy) is 1. The molecule has 3 aromatic rings. The molecule has 1 aliphatic heterocycles. The highest BCUT2D eigenvalue weighted by Gasteiger charge is 2.37. The van der Waals surface area contributed by atoms with Gasteiger partial charge in [-0.25, -0.2) is 4.21 Å². The van der Waals surface area contributed by atoms with Crippen molar-refractivity contribution in [1.29, 1.82) is 5.26 Å². The minimum absolute atomic E-state index is 0.0345. The first-order valence-corrected chi connectivity index (χ1v) is 11.0. The van der Waals surface area contributed by atoms with Gasteiger partial charge in [0.1, 0.15) is 17.3 Å². The highest BCUT2D eigenvalue weighted by atomic mass is 35.5. The molecule has 2 aromatic carbocycles. The number of nitrogens with zero attached hydrogens (tertiary/aromatic N) is 2. The Balaban J connectivity index is 1.99. The molecule has 7 heteroatoms. The molecule has 1 unspecified atom stereocenters. The Labute approximate surface area is 187 Å². The summed E-state index contributed by atoms with van der Waals surface area (Å²) in [5, 5.41) is 10.4. The van der Waals surface area contributed by atoms with Crippen molar-refractivity contribution in [2.75, 3.05) is 0 Å². The summed E-state index contributed by atoms with van der Waals surface area (Å²) < 4.78 is 19.7. The second-order valence-electron chi connectivity index (χ2n) is 6.97. The third kappa shape index (κ3) is 4.11. The van der Waals surface area contributed by atoms with Crippen LogP contribution in [-0.4, -0.2) is 9.19 Å². The molecule has 2 atom stereocenters. The van der Waals surface area contributed by atoms with Crippen LogP contribution in [0, 0.1) is 18.3 Å². The summed E-state index contributed by atoms with van der Waals surface area (Å²) in [6.07, 6.45) is 1.62. The maximum Gasteiger partial charge on any atom is 0.205 e. The average Bonchev–Trinajstić information content (AvgIpc) is 2.79. The summed E-state index contributed by atoms with van der Waals surface area (Å²) in [7, 11) is -1.64. The fourth-order valence-electron chi connectivity index (χ4n) is 3.37. The zero-order valence-corrected chi connectivity index (χ0v) is 18.2. The average molecular weight is 448 g/mol. The molecule has 0 amide bonds. The molecule has 0 aliphatic carbocycles. The minimum Gasteiger partial charge on any atom is -0.437 e. The number of hydrogen-bond donors (Lipinski definition) is 1. The van der Waals surface area contributed by atoms with Gasteiger partial charge in [0.2, 0.25) is 5.88 Å². The van der Waals surface area contributed by atoms with Crippen LogP contribution in [0.4, 0.5) is 0 Å². The minimum atomic E-state index is -1.64. The van der Waals surface area contributed by atoms with Crippen molar-refractivity contribution < 1.29 is 8.95 Å². The molecular weight excluding hydrogens is 430 g/mol. The van der Waals surface area contributed by atoms with E-state index in [2.05, 4.69) is 11.1 Å². The molecule has 0 saturated carbocycles. The highest BCUT2D eigenvalue weighted by Crippen LogP contribution is 2.44. The Morgan fingerprint density at radius 2 is 1.81 bits per heavy atom. The van der Waals surface area contributed by atoms with Gasteiger partial charge in [0.25, 0.3) is 0 Å². The maximum atomic E-state index is 13.9. The number of nitriles is 1. The topological polar surface area (TPSA) is 89.0 Å². The second-order valence-corrected chi connectivity index (χ2v) is 8.85. The van der Waals surface area contributed by atoms with Gasteiger partial charge in [-0.05, 0) is 48.9 Å². The van der Waals surface area contributed by atoms with E-state index >= 15 is 0 Å². The van der Waals surface area contributed by atoms with E-state index in [1.54, 1.807) is 54.7 Å². The van der Waals surface area contributed by atoms with Crippen LogP contribution in [0.15, 0.2) is 94.2 Å². The number of nitrogens with two attached hydrogens (primary N) is 1. The number of hydrogen-bond acceptors (Lipinski definition) is 5. The van der Waals surface area contributed by atoms with E-state index in [9.17, 15) is 9.47 Å². The van der Waals surface area contributed by atoms with Crippen molar-refractivity contribution in [1.82, 2.24) is 4.98 Å². The van der Waals surface area contributed by atoms with Crippen LogP contribution in [0.1, 0.15) is 22.7 Å². The van der Waals surface area contributed by atoms with E-state index in [-0.39, 0.29) is 17.2 Å². The van der Waals surface area contributed by atoms with Gasteiger partial charge >= 0.3 is 0 Å². The lowest BCUT2D eigenvalue weighted by Crippen LogP contribution is -2.23. The third-order valence-corrected chi connectivity index (χ3v) is 6.68. The van der Waals surface area contributed by atoms with Crippen LogP contribution in [0.2, 0.25) is 5.02 Å². The Kier molecular flexibility index (Phi) is 5.90. The molecule has 1 aliphatic rings.